The third-order valence-electron chi connectivity index (χ3n) is 26.3. The molecule has 10 aromatic heterocycles. The zero-order valence-corrected chi connectivity index (χ0v) is 81.9. The van der Waals surface area contributed by atoms with Gasteiger partial charge in [0.15, 0.2) is 12.2 Å². The maximum Gasteiger partial charge on any atom is 0.415 e. The van der Waals surface area contributed by atoms with Crippen LogP contribution in [0.3, 0.4) is 0 Å². The third-order valence-corrected chi connectivity index (χ3v) is 26.3. The number of amides is 5. The number of fused-ring (bicyclic) bond motifs is 5. The fraction of sp³-hybridized carbons (Fsp3) is 0.375. The molecule has 15 heterocycles. The highest BCUT2D eigenvalue weighted by Crippen LogP contribution is 2.41. The number of aryl methyl sites for hydroxylation is 4. The van der Waals surface area contributed by atoms with Crippen molar-refractivity contribution in [1.82, 2.24) is 98.3 Å². The van der Waals surface area contributed by atoms with Crippen molar-refractivity contribution in [1.29, 1.82) is 0 Å². The van der Waals surface area contributed by atoms with Crippen LogP contribution in [0.4, 0.5) is 52.7 Å². The number of aromatic nitrogens is 15. The van der Waals surface area contributed by atoms with Crippen molar-refractivity contribution < 1.29 is 86.1 Å². The first-order chi connectivity index (χ1) is 70.4. The molecule has 148 heavy (non-hydrogen) atoms. The normalized spacial score (nSPS) is 17.8. The van der Waals surface area contributed by atoms with Gasteiger partial charge < -0.3 is 38.1 Å². The number of rotatable bonds is 22. The lowest BCUT2D eigenvalue weighted by Gasteiger charge is -2.33. The maximum absolute atomic E-state index is 13.7. The number of alkyl halides is 12. The van der Waals surface area contributed by atoms with E-state index >= 15 is 0 Å². The fourth-order valence-electron chi connectivity index (χ4n) is 19.0. The number of primary amides is 5. The quantitative estimate of drug-likeness (QED) is 0.0393. The third kappa shape index (κ3) is 26.3. The average molecular weight is 2050 g/mol. The van der Waals surface area contributed by atoms with Gasteiger partial charge in [-0.05, 0) is 189 Å². The van der Waals surface area contributed by atoms with Crippen LogP contribution in [0, 0.1) is 5.92 Å². The Balaban J connectivity index is 0.000000132. The van der Waals surface area contributed by atoms with Crippen molar-refractivity contribution in [2.24, 2.45) is 55.7 Å². The Labute approximate surface area is 841 Å². The molecule has 5 fully saturated rings. The molecule has 0 spiro atoms. The SMILES string of the molecule is CC(C)n1cc(-c2cc(C(N)=O)nc3cc(CN4CCOC(C(F)(F)F)C4)ccc23)cn1.CCn1cc(-c2cc(C(N)=O)nc3cc(CN4CCOC(C(F)(F)F)C4)ccc23)cn1.Cn1cc(-c2cc(C(N)=O)nc3cc(CN4CCCC(C(F)(F)F)C4)ccc23)cn1.Cn1cc(-c2cc(C(N)=O)nc3cc(CN4CCCC(F)(F)C4)ccc23)cn1.Cn1cc(-c2cc(C(N)=O)nc3cc(CN4CCCC(F)C4)ccc23)cn1. The van der Waals surface area contributed by atoms with Crippen LogP contribution in [0.15, 0.2) is 183 Å². The van der Waals surface area contributed by atoms with Crippen molar-refractivity contribution in [2.45, 2.75) is 147 Å². The molecule has 32 nitrogen and oxygen atoms in total. The van der Waals surface area contributed by atoms with E-state index in [0.29, 0.717) is 119 Å². The zero-order valence-electron chi connectivity index (χ0n) is 81.9. The Hall–Kier alpha value is -14.6. The number of benzene rings is 5. The minimum absolute atomic E-state index is 0.00275. The highest BCUT2D eigenvalue weighted by Gasteiger charge is 2.46. The molecule has 15 aromatic rings. The summed E-state index contributed by atoms with van der Waals surface area (Å²) in [6, 6.07) is 36.8. The monoisotopic (exact) mass is 2050 g/mol. The van der Waals surface area contributed by atoms with Crippen LogP contribution >= 0.6 is 0 Å². The van der Waals surface area contributed by atoms with Crippen molar-refractivity contribution >= 4 is 84.1 Å². The Kier molecular flexibility index (Phi) is 32.3. The first kappa shape index (κ1) is 106. The molecule has 10 N–H and O–H groups in total. The van der Waals surface area contributed by atoms with Crippen LogP contribution < -0.4 is 28.7 Å². The van der Waals surface area contributed by atoms with Crippen molar-refractivity contribution in [2.75, 3.05) is 78.7 Å². The number of likely N-dealkylation sites (tertiary alicyclic amines) is 3. The van der Waals surface area contributed by atoms with Gasteiger partial charge in [0.2, 0.25) is 0 Å². The predicted molar refractivity (Wildman–Crippen MR) is 531 cm³/mol. The Bertz CT molecular complexity index is 7380. The lowest BCUT2D eigenvalue weighted by atomic mass is 9.96. The Morgan fingerprint density at radius 2 is 0.696 bits per heavy atom. The zero-order chi connectivity index (χ0) is 106. The van der Waals surface area contributed by atoms with E-state index in [1.165, 1.54) is 0 Å². The molecule has 0 aliphatic carbocycles. The number of piperidine rings is 3. The second-order valence-electron chi connectivity index (χ2n) is 38.0. The summed E-state index contributed by atoms with van der Waals surface area (Å²) in [6.07, 6.45) is 3.29. The number of hydrogen-bond acceptors (Lipinski definition) is 22. The first-order valence-electron chi connectivity index (χ1n) is 48.2. The molecule has 778 valence electrons. The van der Waals surface area contributed by atoms with E-state index in [4.69, 9.17) is 38.1 Å². The number of ether oxygens (including phenoxy) is 2. The molecular formula is C104H111F12N25O7. The predicted octanol–water partition coefficient (Wildman–Crippen LogP) is 15.7. The summed E-state index contributed by atoms with van der Waals surface area (Å²) >= 11 is 0. The summed E-state index contributed by atoms with van der Waals surface area (Å²) in [6.45, 7) is 11.6. The number of carbonyl (C=O) groups is 5. The van der Waals surface area contributed by atoms with E-state index < -0.39 is 78.3 Å². The molecular weight excluding hydrogens is 1940 g/mol. The molecule has 5 aliphatic rings. The largest absolute Gasteiger partial charge is 0.415 e. The second-order valence-corrected chi connectivity index (χ2v) is 38.0. The summed E-state index contributed by atoms with van der Waals surface area (Å²) in [4.78, 5) is 90.1. The number of pyridine rings is 5. The van der Waals surface area contributed by atoms with Crippen molar-refractivity contribution in [3.8, 4) is 55.6 Å². The molecule has 5 aromatic carbocycles. The van der Waals surface area contributed by atoms with Crippen LogP contribution in [-0.2, 0) is 69.9 Å². The van der Waals surface area contributed by atoms with Gasteiger partial charge in [-0.3, -0.25) is 71.9 Å². The molecule has 5 saturated heterocycles. The molecule has 5 amide bonds. The lowest BCUT2D eigenvalue weighted by Crippen LogP contribution is -2.48. The van der Waals surface area contributed by atoms with Crippen LogP contribution in [0.25, 0.3) is 110 Å². The van der Waals surface area contributed by atoms with Gasteiger partial charge in [-0.2, -0.15) is 65.0 Å². The van der Waals surface area contributed by atoms with Crippen LogP contribution in [0.1, 0.15) is 146 Å². The molecule has 0 radical (unpaired) electrons. The Morgan fingerprint density at radius 3 is 0.993 bits per heavy atom. The van der Waals surface area contributed by atoms with E-state index in [9.17, 15) is 76.7 Å². The molecule has 4 atom stereocenters. The summed E-state index contributed by atoms with van der Waals surface area (Å²) < 4.78 is 177. The van der Waals surface area contributed by atoms with E-state index in [1.54, 1.807) is 114 Å². The molecule has 4 unspecified atom stereocenters. The number of hydrogen-bond donors (Lipinski definition) is 5. The van der Waals surface area contributed by atoms with Gasteiger partial charge in [0.05, 0.1) is 84.2 Å². The maximum atomic E-state index is 13.7. The summed E-state index contributed by atoms with van der Waals surface area (Å²) in [5.41, 5.74) is 43.7. The molecule has 44 heteroatoms. The first-order valence-corrected chi connectivity index (χ1v) is 48.2. The van der Waals surface area contributed by atoms with Gasteiger partial charge in [0.25, 0.3) is 35.5 Å². The topological polar surface area (TPSA) is 404 Å². The lowest BCUT2D eigenvalue weighted by molar-refractivity contribution is -0.238. The summed E-state index contributed by atoms with van der Waals surface area (Å²) in [5.74, 6) is -7.06. The number of nitrogens with two attached hydrogens (primary N) is 5. The standard InChI is InChI=1S/C22H24F3N5O2.C21H22F3N5O2.C21H22F3N5O.C20H21F2N5O.C20H22FN5O/c1-13(2)30-11-15(9-27-30)17-8-19(21(26)31)28-18-7-14(3-4-16(17)18)10-29-5-6-32-20(12-29)22(23,24)25;1-2-29-11-14(9-26-29)16-8-18(20(25)30)27-17-7-13(3-4-15(16)17)10-28-5-6-31-19(12-28)21(22,23)24;1-28-11-14(9-26-28)17-8-19(20(25)30)27-18-7-13(4-5-16(17)18)10-29-6-2-3-15(12-29)21(22,23)24;1-26-11-14(9-24-26)16-8-18(19(23)28)25-17-7-13(3-4-15(16)17)10-27-6-2-5-20(21,22)12-27;1-25-11-14(9-23-25)17-8-19(20(22)27)24-18-7-13(4-5-16(17)18)10-26-6-2-3-15(21)12-26/h3-4,7-9,11,13,20H,5-6,10,12H2,1-2H3,(H2,26,31);3-4,7-9,11,19H,2,5-6,10,12H2,1H3,(H2,25,30);4-5,7-9,11,15H,2-3,6,10,12H2,1H3,(H2,25,30);3-4,7-9,11H,2,5-6,10,12H2,1H3,(H2,23,28);4-5,7-9,11,15H,2-3,6,10,12H2,1H3,(H2,22,27). The molecule has 0 saturated carbocycles. The van der Waals surface area contributed by atoms with Crippen LogP contribution in [0.2, 0.25) is 0 Å². The number of morpholine rings is 2. The van der Waals surface area contributed by atoms with E-state index in [2.05, 4.69) is 55.3 Å². The Morgan fingerprint density at radius 1 is 0.385 bits per heavy atom. The number of carbonyl (C=O) groups excluding carboxylic acids is 5. The van der Waals surface area contributed by atoms with Crippen molar-refractivity contribution in [3.63, 3.8) is 0 Å². The van der Waals surface area contributed by atoms with Gasteiger partial charge in [-0.25, -0.2) is 38.1 Å². The molecule has 0 bridgehead atoms. The fourth-order valence-corrected chi connectivity index (χ4v) is 19.0. The van der Waals surface area contributed by atoms with Crippen LogP contribution in [0.5, 0.6) is 0 Å². The van der Waals surface area contributed by atoms with Gasteiger partial charge in [0.1, 0.15) is 34.6 Å². The van der Waals surface area contributed by atoms with Gasteiger partial charge in [-0.1, -0.05) is 60.7 Å². The van der Waals surface area contributed by atoms with Crippen molar-refractivity contribution in [3.05, 3.63) is 240 Å². The number of nitrogens with zero attached hydrogens (tertiary/aromatic N) is 20. The molecule has 5 aliphatic heterocycles. The molecule has 20 rings (SSSR count). The van der Waals surface area contributed by atoms with E-state index in [1.807, 2.05) is 154 Å². The minimum atomic E-state index is -4.39. The minimum Gasteiger partial charge on any atom is -0.366 e. The van der Waals surface area contributed by atoms with E-state index in [0.717, 1.165) is 123 Å². The van der Waals surface area contributed by atoms with Gasteiger partial charge in [-0.15, -0.1) is 0 Å². The smallest absolute Gasteiger partial charge is 0.366 e. The summed E-state index contributed by atoms with van der Waals surface area (Å²) in [5, 5.41) is 25.4. The highest BCUT2D eigenvalue weighted by atomic mass is 19.4. The highest BCUT2D eigenvalue weighted by molar-refractivity contribution is 6.05. The second kappa shape index (κ2) is 45.0. The summed E-state index contributed by atoms with van der Waals surface area (Å²) in [7, 11) is 5.46. The van der Waals surface area contributed by atoms with Crippen LogP contribution in [-0.4, -0.2) is 249 Å². The van der Waals surface area contributed by atoms with Gasteiger partial charge >= 0.3 is 18.5 Å². The average Bonchev–Trinajstić information content (AvgIpc) is 1.57. The van der Waals surface area contributed by atoms with E-state index in [-0.39, 0.29) is 86.7 Å². The number of halogens is 12. The van der Waals surface area contributed by atoms with Gasteiger partial charge in [0, 0.05) is 198 Å².